The van der Waals surface area contributed by atoms with Gasteiger partial charge in [0.05, 0.1) is 6.54 Å². The summed E-state index contributed by atoms with van der Waals surface area (Å²) in [5.41, 5.74) is 5.41. The molecule has 0 saturated heterocycles. The number of nitrogens with two attached hydrogens (primary N) is 1. The Bertz CT molecular complexity index is 247. The molecule has 0 aliphatic heterocycles. The van der Waals surface area contributed by atoms with Crippen molar-refractivity contribution >= 4 is 0 Å². The van der Waals surface area contributed by atoms with Crippen LogP contribution >= 0.6 is 0 Å². The molecule has 10 heavy (non-hydrogen) atoms. The molecule has 56 valence electrons. The second kappa shape index (κ2) is 2.70. The van der Waals surface area contributed by atoms with Crippen molar-refractivity contribution in [2.24, 2.45) is 5.73 Å². The average Bonchev–Trinajstić information content (AvgIpc) is 2.13. The van der Waals surface area contributed by atoms with Gasteiger partial charge in [0.25, 0.3) is 5.56 Å². The van der Waals surface area contributed by atoms with Gasteiger partial charge in [-0.05, 0) is 6.92 Å². The van der Waals surface area contributed by atoms with Crippen LogP contribution in [0.15, 0.2) is 17.1 Å². The van der Waals surface area contributed by atoms with E-state index in [0.29, 0.717) is 6.54 Å². The second-order valence-electron chi connectivity index (χ2n) is 2.42. The minimum atomic E-state index is -0.0827. The molecule has 0 bridgehead atoms. The van der Waals surface area contributed by atoms with E-state index in [1.165, 1.54) is 6.07 Å². The van der Waals surface area contributed by atoms with E-state index in [0.717, 1.165) is 0 Å². The molecule has 0 spiro atoms. The second-order valence-corrected chi connectivity index (χ2v) is 2.42. The summed E-state index contributed by atoms with van der Waals surface area (Å²) in [5, 5.41) is 2.59. The van der Waals surface area contributed by atoms with Gasteiger partial charge in [0.2, 0.25) is 0 Å². The van der Waals surface area contributed by atoms with Gasteiger partial charge in [0.15, 0.2) is 0 Å². The Morgan fingerprint density at radius 1 is 1.90 bits per heavy atom. The van der Waals surface area contributed by atoms with Gasteiger partial charge in [0, 0.05) is 18.3 Å². The van der Waals surface area contributed by atoms with Gasteiger partial charge in [-0.1, -0.05) is 0 Å². The number of rotatable bonds is 2. The topological polar surface area (TPSA) is 63.8 Å². The number of aromatic nitrogens is 2. The normalized spacial score (nSPS) is 13.4. The summed E-state index contributed by atoms with van der Waals surface area (Å²) >= 11 is 0. The average molecular weight is 141 g/mol. The fourth-order valence-electron chi connectivity index (χ4n) is 0.791. The Labute approximate surface area is 58.6 Å². The number of hydrogen-bond donors (Lipinski definition) is 2. The zero-order valence-electron chi connectivity index (χ0n) is 5.87. The van der Waals surface area contributed by atoms with Crippen molar-refractivity contribution < 1.29 is 0 Å². The SMILES string of the molecule is CC(N)Cn1ccc(=O)[nH]1. The van der Waals surface area contributed by atoms with E-state index in [2.05, 4.69) is 5.10 Å². The van der Waals surface area contributed by atoms with Gasteiger partial charge in [-0.3, -0.25) is 14.6 Å². The minimum absolute atomic E-state index is 0.0723. The summed E-state index contributed by atoms with van der Waals surface area (Å²) in [4.78, 5) is 10.6. The number of H-pyrrole nitrogens is 1. The predicted octanol–water partition coefficient (Wildman–Crippen LogP) is -0.476. The van der Waals surface area contributed by atoms with Crippen LogP contribution in [0.4, 0.5) is 0 Å². The van der Waals surface area contributed by atoms with Crippen LogP contribution in [0, 0.1) is 0 Å². The van der Waals surface area contributed by atoms with E-state index in [4.69, 9.17) is 5.73 Å². The summed E-state index contributed by atoms with van der Waals surface area (Å²) in [6.45, 7) is 2.54. The van der Waals surface area contributed by atoms with E-state index in [-0.39, 0.29) is 11.6 Å². The van der Waals surface area contributed by atoms with E-state index in [1.807, 2.05) is 6.92 Å². The van der Waals surface area contributed by atoms with Gasteiger partial charge in [-0.15, -0.1) is 0 Å². The molecule has 0 radical (unpaired) electrons. The highest BCUT2D eigenvalue weighted by molar-refractivity contribution is 4.80. The molecule has 0 aromatic carbocycles. The van der Waals surface area contributed by atoms with Crippen LogP contribution in [0.5, 0.6) is 0 Å². The Balaban J connectivity index is 2.67. The van der Waals surface area contributed by atoms with Crippen molar-refractivity contribution in [3.8, 4) is 0 Å². The molecule has 3 N–H and O–H groups in total. The first-order chi connectivity index (χ1) is 4.68. The summed E-state index contributed by atoms with van der Waals surface area (Å²) in [6.07, 6.45) is 1.69. The zero-order chi connectivity index (χ0) is 7.56. The highest BCUT2D eigenvalue weighted by atomic mass is 16.1. The monoisotopic (exact) mass is 141 g/mol. The van der Waals surface area contributed by atoms with Crippen LogP contribution < -0.4 is 11.3 Å². The summed E-state index contributed by atoms with van der Waals surface area (Å²) in [5.74, 6) is 0. The lowest BCUT2D eigenvalue weighted by molar-refractivity contribution is 0.535. The first kappa shape index (κ1) is 7.08. The molecular formula is C6H11N3O. The zero-order valence-corrected chi connectivity index (χ0v) is 5.87. The molecule has 1 heterocycles. The summed E-state index contributed by atoms with van der Waals surface area (Å²) < 4.78 is 1.67. The Hall–Kier alpha value is -1.03. The van der Waals surface area contributed by atoms with Crippen molar-refractivity contribution in [2.75, 3.05) is 0 Å². The molecule has 4 nitrogen and oxygen atoms in total. The van der Waals surface area contributed by atoms with Crippen molar-refractivity contribution in [1.82, 2.24) is 9.78 Å². The maximum atomic E-state index is 10.6. The molecule has 0 fully saturated rings. The largest absolute Gasteiger partial charge is 0.326 e. The highest BCUT2D eigenvalue weighted by Crippen LogP contribution is 1.82. The maximum absolute atomic E-state index is 10.6. The van der Waals surface area contributed by atoms with E-state index < -0.39 is 0 Å². The van der Waals surface area contributed by atoms with Gasteiger partial charge in [-0.2, -0.15) is 0 Å². The fourth-order valence-corrected chi connectivity index (χ4v) is 0.791. The molecule has 1 unspecified atom stereocenters. The molecule has 1 aromatic rings. The quantitative estimate of drug-likeness (QED) is 0.584. The van der Waals surface area contributed by atoms with Crippen molar-refractivity contribution in [2.45, 2.75) is 19.5 Å². The molecule has 1 aromatic heterocycles. The van der Waals surface area contributed by atoms with Crippen LogP contribution in [0.2, 0.25) is 0 Å². The van der Waals surface area contributed by atoms with Crippen molar-refractivity contribution in [1.29, 1.82) is 0 Å². The van der Waals surface area contributed by atoms with Crippen LogP contribution in [-0.4, -0.2) is 15.8 Å². The number of aromatic amines is 1. The number of nitrogens with one attached hydrogen (secondary N) is 1. The lowest BCUT2D eigenvalue weighted by atomic mass is 10.4. The van der Waals surface area contributed by atoms with Crippen LogP contribution in [0.1, 0.15) is 6.92 Å². The molecule has 1 atom stereocenters. The molecule has 0 aliphatic carbocycles. The number of hydrogen-bond acceptors (Lipinski definition) is 2. The third kappa shape index (κ3) is 1.73. The highest BCUT2D eigenvalue weighted by Gasteiger charge is 1.94. The Kier molecular flexibility index (Phi) is 1.91. The van der Waals surface area contributed by atoms with Crippen molar-refractivity contribution in [3.63, 3.8) is 0 Å². The first-order valence-electron chi connectivity index (χ1n) is 3.19. The summed E-state index contributed by atoms with van der Waals surface area (Å²) in [6, 6.07) is 1.55. The van der Waals surface area contributed by atoms with Gasteiger partial charge < -0.3 is 5.73 Å². The molecule has 0 saturated carbocycles. The minimum Gasteiger partial charge on any atom is -0.326 e. The van der Waals surface area contributed by atoms with Gasteiger partial charge in [0.1, 0.15) is 0 Å². The van der Waals surface area contributed by atoms with E-state index in [9.17, 15) is 4.79 Å². The molecule has 4 heteroatoms. The van der Waals surface area contributed by atoms with Gasteiger partial charge >= 0.3 is 0 Å². The standard InChI is InChI=1S/C6H11N3O/c1-5(7)4-9-3-2-6(10)8-9/h2-3,5H,4,7H2,1H3,(H,8,10). The number of nitrogens with zero attached hydrogens (tertiary/aromatic N) is 1. The third-order valence-corrected chi connectivity index (χ3v) is 1.14. The van der Waals surface area contributed by atoms with Crippen LogP contribution in [-0.2, 0) is 6.54 Å². The first-order valence-corrected chi connectivity index (χ1v) is 3.19. The third-order valence-electron chi connectivity index (χ3n) is 1.14. The lowest BCUT2D eigenvalue weighted by Crippen LogP contribution is -2.23. The fraction of sp³-hybridized carbons (Fsp3) is 0.500. The molecule has 0 amide bonds. The summed E-state index contributed by atoms with van der Waals surface area (Å²) in [7, 11) is 0. The molecule has 1 rings (SSSR count). The Morgan fingerprint density at radius 2 is 2.60 bits per heavy atom. The molecule has 0 aliphatic rings. The molecular weight excluding hydrogens is 130 g/mol. The van der Waals surface area contributed by atoms with Crippen LogP contribution in [0.25, 0.3) is 0 Å². The Morgan fingerprint density at radius 3 is 3.00 bits per heavy atom. The van der Waals surface area contributed by atoms with Crippen LogP contribution in [0.3, 0.4) is 0 Å². The predicted molar refractivity (Wildman–Crippen MR) is 38.7 cm³/mol. The maximum Gasteiger partial charge on any atom is 0.264 e. The smallest absolute Gasteiger partial charge is 0.264 e. The van der Waals surface area contributed by atoms with Crippen molar-refractivity contribution in [3.05, 3.63) is 22.6 Å². The lowest BCUT2D eigenvalue weighted by Gasteiger charge is -2.03. The van der Waals surface area contributed by atoms with E-state index in [1.54, 1.807) is 10.9 Å². The van der Waals surface area contributed by atoms with Gasteiger partial charge in [-0.25, -0.2) is 0 Å². The van der Waals surface area contributed by atoms with E-state index >= 15 is 0 Å².